The molecule has 0 aliphatic carbocycles. The minimum absolute atomic E-state index is 0. The van der Waals surface area contributed by atoms with Gasteiger partial charge in [0.15, 0.2) is 11.7 Å². The summed E-state index contributed by atoms with van der Waals surface area (Å²) in [5, 5.41) is 9.63. The van der Waals surface area contributed by atoms with E-state index in [1.54, 1.807) is 12.1 Å². The van der Waals surface area contributed by atoms with Crippen molar-refractivity contribution in [2.24, 2.45) is 4.99 Å². The summed E-state index contributed by atoms with van der Waals surface area (Å²) in [6, 6.07) is 11.0. The van der Waals surface area contributed by atoms with Crippen LogP contribution in [0.15, 0.2) is 52.1 Å². The van der Waals surface area contributed by atoms with Crippen LogP contribution in [0, 0.1) is 0 Å². The summed E-state index contributed by atoms with van der Waals surface area (Å²) in [5.41, 5.74) is 1.71. The van der Waals surface area contributed by atoms with Gasteiger partial charge in [-0.15, -0.1) is 24.0 Å². The zero-order valence-electron chi connectivity index (χ0n) is 19.0. The number of ether oxygens (including phenoxy) is 1. The summed E-state index contributed by atoms with van der Waals surface area (Å²) in [7, 11) is 0. The Labute approximate surface area is 207 Å². The molecule has 1 fully saturated rings. The second-order valence-electron chi connectivity index (χ2n) is 8.09. The molecule has 1 aromatic heterocycles. The van der Waals surface area contributed by atoms with Crippen LogP contribution in [0.5, 0.6) is 0 Å². The van der Waals surface area contributed by atoms with Crippen LogP contribution in [0.1, 0.15) is 36.9 Å². The van der Waals surface area contributed by atoms with Gasteiger partial charge in [0.1, 0.15) is 0 Å². The fourth-order valence-corrected chi connectivity index (χ4v) is 3.44. The molecular formula is C23H34IN5O3. The van der Waals surface area contributed by atoms with Crippen molar-refractivity contribution in [1.29, 1.82) is 0 Å². The Morgan fingerprint density at radius 2 is 1.94 bits per heavy atom. The first kappa shape index (κ1) is 26.1. The molecule has 1 saturated heterocycles. The van der Waals surface area contributed by atoms with Gasteiger partial charge >= 0.3 is 0 Å². The Morgan fingerprint density at radius 3 is 2.62 bits per heavy atom. The Kier molecular flexibility index (Phi) is 10.5. The second-order valence-corrected chi connectivity index (χ2v) is 8.09. The molecule has 0 saturated carbocycles. The van der Waals surface area contributed by atoms with Crippen LogP contribution in [0.3, 0.4) is 0 Å². The molecular weight excluding hydrogens is 521 g/mol. The number of hydrogen-bond donors (Lipinski definition) is 3. The van der Waals surface area contributed by atoms with Crippen molar-refractivity contribution >= 4 is 41.5 Å². The van der Waals surface area contributed by atoms with Gasteiger partial charge in [0.25, 0.3) is 5.91 Å². The van der Waals surface area contributed by atoms with Crippen molar-refractivity contribution in [2.45, 2.75) is 32.9 Å². The molecule has 8 nitrogen and oxygen atoms in total. The number of aliphatic imine (C=N–C) groups is 1. The summed E-state index contributed by atoms with van der Waals surface area (Å²) in [4.78, 5) is 19.3. The number of morpholine rings is 1. The van der Waals surface area contributed by atoms with E-state index in [2.05, 4.69) is 41.6 Å². The van der Waals surface area contributed by atoms with Gasteiger partial charge in [0, 0.05) is 37.4 Å². The van der Waals surface area contributed by atoms with Crippen molar-refractivity contribution in [3.8, 4) is 0 Å². The first-order valence-corrected chi connectivity index (χ1v) is 10.8. The number of anilines is 1. The molecule has 2 aromatic rings. The highest BCUT2D eigenvalue weighted by Gasteiger charge is 2.28. The molecule has 2 heterocycles. The molecule has 32 heavy (non-hydrogen) atoms. The van der Waals surface area contributed by atoms with E-state index >= 15 is 0 Å². The second kappa shape index (κ2) is 12.8. The molecule has 3 N–H and O–H groups in total. The Balaban J connectivity index is 0.00000363. The van der Waals surface area contributed by atoms with Crippen LogP contribution in [0.4, 0.5) is 5.69 Å². The van der Waals surface area contributed by atoms with Crippen LogP contribution in [0.25, 0.3) is 0 Å². The molecule has 9 heteroatoms. The first-order chi connectivity index (χ1) is 15.0. The molecule has 0 atom stereocenters. The number of guanidine groups is 1. The number of rotatable bonds is 8. The van der Waals surface area contributed by atoms with Gasteiger partial charge in [-0.25, -0.2) is 4.99 Å². The van der Waals surface area contributed by atoms with Crippen molar-refractivity contribution in [2.75, 3.05) is 44.7 Å². The number of nitrogens with zero attached hydrogens (tertiary/aromatic N) is 2. The topological polar surface area (TPSA) is 91.1 Å². The van der Waals surface area contributed by atoms with Gasteiger partial charge < -0.3 is 25.1 Å². The van der Waals surface area contributed by atoms with E-state index in [0.29, 0.717) is 12.2 Å². The van der Waals surface area contributed by atoms with Crippen molar-refractivity contribution < 1.29 is 13.9 Å². The molecule has 1 aliphatic heterocycles. The number of furan rings is 1. The number of hydrogen-bond acceptors (Lipinski definition) is 5. The zero-order valence-corrected chi connectivity index (χ0v) is 21.3. The summed E-state index contributed by atoms with van der Waals surface area (Å²) < 4.78 is 10.6. The van der Waals surface area contributed by atoms with Crippen LogP contribution in [-0.2, 0) is 11.3 Å². The van der Waals surface area contributed by atoms with Crippen LogP contribution >= 0.6 is 24.0 Å². The maximum absolute atomic E-state index is 12.2. The van der Waals surface area contributed by atoms with Gasteiger partial charge in [0.05, 0.1) is 26.0 Å². The van der Waals surface area contributed by atoms with E-state index in [1.807, 2.05) is 24.3 Å². The summed E-state index contributed by atoms with van der Waals surface area (Å²) in [5.74, 6) is 0.782. The average molecular weight is 555 g/mol. The first-order valence-electron chi connectivity index (χ1n) is 10.8. The third-order valence-electron chi connectivity index (χ3n) is 5.25. The summed E-state index contributed by atoms with van der Waals surface area (Å²) >= 11 is 0. The van der Waals surface area contributed by atoms with Crippen LogP contribution in [0.2, 0.25) is 0 Å². The van der Waals surface area contributed by atoms with Crippen molar-refractivity contribution in [3.63, 3.8) is 0 Å². The predicted octanol–water partition coefficient (Wildman–Crippen LogP) is 3.32. The zero-order chi connectivity index (χ0) is 22.1. The molecule has 3 rings (SSSR count). The number of nitrogens with one attached hydrogen (secondary N) is 3. The lowest BCUT2D eigenvalue weighted by molar-refractivity contribution is -0.00834. The number of carbonyl (C=O) groups excluding carboxylic acids is 1. The predicted molar refractivity (Wildman–Crippen MR) is 138 cm³/mol. The highest BCUT2D eigenvalue weighted by Crippen LogP contribution is 2.16. The van der Waals surface area contributed by atoms with Crippen molar-refractivity contribution in [1.82, 2.24) is 15.5 Å². The van der Waals surface area contributed by atoms with E-state index in [1.165, 1.54) is 6.26 Å². The minimum Gasteiger partial charge on any atom is -0.459 e. The number of halogens is 1. The summed E-state index contributed by atoms with van der Waals surface area (Å²) in [6.07, 6.45) is 1.48. The lowest BCUT2D eigenvalue weighted by Gasteiger charge is -2.41. The molecule has 1 aromatic carbocycles. The van der Waals surface area contributed by atoms with Gasteiger partial charge in [0.2, 0.25) is 0 Å². The molecule has 176 valence electrons. The largest absolute Gasteiger partial charge is 0.459 e. The van der Waals surface area contributed by atoms with E-state index in [4.69, 9.17) is 14.1 Å². The molecule has 0 spiro atoms. The maximum atomic E-state index is 12.2. The average Bonchev–Trinajstić information content (AvgIpc) is 3.32. The van der Waals surface area contributed by atoms with Gasteiger partial charge in [-0.1, -0.05) is 12.1 Å². The molecule has 1 aliphatic rings. The van der Waals surface area contributed by atoms with Crippen LogP contribution < -0.4 is 16.0 Å². The highest BCUT2D eigenvalue weighted by molar-refractivity contribution is 14.0. The molecule has 0 unspecified atom stereocenters. The van der Waals surface area contributed by atoms with Crippen molar-refractivity contribution in [3.05, 3.63) is 54.0 Å². The lowest BCUT2D eigenvalue weighted by Crippen LogP contribution is -2.56. The maximum Gasteiger partial charge on any atom is 0.291 e. The number of benzene rings is 1. The molecule has 0 radical (unpaired) electrons. The van der Waals surface area contributed by atoms with E-state index in [-0.39, 0.29) is 41.2 Å². The monoisotopic (exact) mass is 555 g/mol. The van der Waals surface area contributed by atoms with Crippen LogP contribution in [-0.4, -0.2) is 61.7 Å². The Morgan fingerprint density at radius 1 is 1.16 bits per heavy atom. The Hall–Kier alpha value is -2.11. The quantitative estimate of drug-likeness (QED) is 0.263. The van der Waals surface area contributed by atoms with E-state index < -0.39 is 0 Å². The third-order valence-corrected chi connectivity index (χ3v) is 5.25. The normalized spacial score (nSPS) is 15.0. The standard InChI is InChI=1S/C23H33N5O3.HI/c1-4-24-22(26-17-23(2,3)28-10-13-30-14-11-28)25-16-18-7-5-8-19(15-18)27-21(29)20-9-6-12-31-20;/h5-9,12,15H,4,10-11,13-14,16-17H2,1-3H3,(H,27,29)(H2,24,25,26);1H. The fraction of sp³-hybridized carbons (Fsp3) is 0.478. The molecule has 1 amide bonds. The van der Waals surface area contributed by atoms with Gasteiger partial charge in [-0.2, -0.15) is 0 Å². The van der Waals surface area contributed by atoms with E-state index in [0.717, 1.165) is 50.9 Å². The lowest BCUT2D eigenvalue weighted by atomic mass is 10.0. The third kappa shape index (κ3) is 7.79. The highest BCUT2D eigenvalue weighted by atomic mass is 127. The molecule has 0 bridgehead atoms. The number of carbonyl (C=O) groups is 1. The smallest absolute Gasteiger partial charge is 0.291 e. The van der Waals surface area contributed by atoms with Gasteiger partial charge in [-0.3, -0.25) is 9.69 Å². The van der Waals surface area contributed by atoms with Gasteiger partial charge in [-0.05, 0) is 50.6 Å². The van der Waals surface area contributed by atoms with E-state index in [9.17, 15) is 4.79 Å². The fourth-order valence-electron chi connectivity index (χ4n) is 3.44. The summed E-state index contributed by atoms with van der Waals surface area (Å²) in [6.45, 7) is 12.0. The minimum atomic E-state index is -0.272. The number of amides is 1. The Bertz CT molecular complexity index is 864. The SMILES string of the molecule is CCNC(=NCc1cccc(NC(=O)c2ccco2)c1)NCC(C)(C)N1CCOCC1.I.